The molecule has 6 fully saturated rings. The van der Waals surface area contributed by atoms with Gasteiger partial charge in [-0.2, -0.15) is 0 Å². The van der Waals surface area contributed by atoms with Crippen molar-refractivity contribution in [2.45, 2.75) is 182 Å². The standard InChI is InChI=1S/C71H117N13O31/c1-5-6-7-8-9-55(88)75-68(40-107-37-52-34-82(79-76-52)10-13-95-16-19-98-22-25-101-28-31-104-43-69-46-110-65(113-69)56(72-49(2)85)59(89)62(69)92,41-108-38-53-35-83(80-77-53)11-14-96-17-20-99-23-26-102-29-32-105-44-70-47-111-66(114-70)57(73-50(3)86)60(90)63(70)93)42-109-39-54-36-84(81-78-54)12-15-97-18-21-100-24-27-103-30-33-106-45-71-48-112-67(115-71)58(74-51(4)87)61(91)64(71)94/h5,34-36,56-67,89-94H,1,6-33,37-48H2,2-4H3,(H,72,85)(H,73,86)(H,74,87)(H,75,88)/t56-,57-,58-,59-,60-,61-,62-,63-,64-,65+,66+,67+,69+,70+,71+/m1/s1. The van der Waals surface area contributed by atoms with Crippen LogP contribution in [0.2, 0.25) is 0 Å². The molecular weight excluding hydrogens is 1530 g/mol. The summed E-state index contributed by atoms with van der Waals surface area (Å²) in [5.74, 6) is -1.41. The van der Waals surface area contributed by atoms with E-state index in [-0.39, 0.29) is 149 Å². The number of carbonyl (C=O) groups excluding carboxylic acids is 4. The summed E-state index contributed by atoms with van der Waals surface area (Å²) >= 11 is 0. The van der Waals surface area contributed by atoms with Crippen LogP contribution in [0, 0.1) is 0 Å². The zero-order valence-electron chi connectivity index (χ0n) is 65.6. The third-order valence-corrected chi connectivity index (χ3v) is 19.1. The van der Waals surface area contributed by atoms with Gasteiger partial charge in [-0.25, -0.2) is 14.0 Å². The van der Waals surface area contributed by atoms with Crippen molar-refractivity contribution < 1.29 is 149 Å². The second-order valence-corrected chi connectivity index (χ2v) is 28.5. The Labute approximate surface area is 665 Å². The average Bonchev–Trinajstić information content (AvgIpc) is 1.65. The number of hydrogen-bond acceptors (Lipinski definition) is 37. The maximum Gasteiger partial charge on any atom is 0.220 e. The van der Waals surface area contributed by atoms with Gasteiger partial charge >= 0.3 is 0 Å². The van der Waals surface area contributed by atoms with E-state index >= 15 is 0 Å². The van der Waals surface area contributed by atoms with Gasteiger partial charge in [0.1, 0.15) is 94.2 Å². The SMILES string of the molecule is C=CCCCCC(=O)NC(COCc1cn(CCOCCOCCOCCOC[C@@]23CO[C@@H](O2)[C@H](NC(C)=O)[C@@H](O)[C@H]3O)nn1)(COCc1cn(CCOCCOCCOCCOC[C@@]23CO[C@@H](O2)[C@H](NC(C)=O)[C@@H](O)[C@H]3O)nn1)COCc1cn(CCOCCOCCOCCOC[C@@]23CO[C@@H](O2)[C@H](NC(C)=O)[C@@H](O)[C@H]3O)nn1. The molecule has 0 aromatic carbocycles. The Morgan fingerprint density at radius 3 is 0.991 bits per heavy atom. The molecular formula is C71H117N13O31. The van der Waals surface area contributed by atoms with Crippen molar-refractivity contribution >= 4 is 23.6 Å². The minimum absolute atomic E-state index is 0.00930. The molecule has 44 nitrogen and oxygen atoms in total. The number of carbonyl (C=O) groups is 4. The molecule has 0 unspecified atom stereocenters. The summed E-state index contributed by atoms with van der Waals surface area (Å²) in [6, 6.07) is -2.71. The van der Waals surface area contributed by atoms with Gasteiger partial charge in [0.05, 0.1) is 256 Å². The highest BCUT2D eigenvalue weighted by Crippen LogP contribution is 2.40. The van der Waals surface area contributed by atoms with Gasteiger partial charge in [0.25, 0.3) is 0 Å². The number of hydrogen-bond donors (Lipinski definition) is 10. The normalized spacial score (nSPS) is 26.9. The molecule has 6 aliphatic heterocycles. The van der Waals surface area contributed by atoms with E-state index < -0.39 is 96.0 Å². The largest absolute Gasteiger partial charge is 0.388 e. The lowest BCUT2D eigenvalue weighted by molar-refractivity contribution is -0.238. The Morgan fingerprint density at radius 2 is 0.713 bits per heavy atom. The zero-order chi connectivity index (χ0) is 81.7. The van der Waals surface area contributed by atoms with E-state index in [4.69, 9.17) is 99.5 Å². The minimum Gasteiger partial charge on any atom is -0.388 e. The van der Waals surface area contributed by atoms with Crippen LogP contribution in [0.5, 0.6) is 0 Å². The smallest absolute Gasteiger partial charge is 0.220 e. The third kappa shape index (κ3) is 29.4. The maximum atomic E-state index is 13.9. The second-order valence-electron chi connectivity index (χ2n) is 28.5. The molecule has 115 heavy (non-hydrogen) atoms. The number of amides is 4. The molecule has 4 amide bonds. The number of aliphatic hydroxyl groups excluding tert-OH is 6. The van der Waals surface area contributed by atoms with Gasteiger partial charge in [-0.05, 0) is 19.3 Å². The van der Waals surface area contributed by atoms with Crippen LogP contribution in [0.15, 0.2) is 31.2 Å². The summed E-state index contributed by atoms with van der Waals surface area (Å²) in [7, 11) is 0. The molecule has 0 spiro atoms. The third-order valence-electron chi connectivity index (χ3n) is 19.1. The number of nitrogens with one attached hydrogen (secondary N) is 4. The summed E-state index contributed by atoms with van der Waals surface area (Å²) in [5, 5.41) is 101. The predicted octanol–water partition coefficient (Wildman–Crippen LogP) is -5.73. The van der Waals surface area contributed by atoms with Gasteiger partial charge in [0.15, 0.2) is 18.9 Å². The molecule has 9 heterocycles. The summed E-state index contributed by atoms with van der Waals surface area (Å²) in [6.07, 6.45) is -1.28. The number of unbranched alkanes of at least 4 members (excludes halogenated alkanes) is 2. The van der Waals surface area contributed by atoms with Crippen LogP contribution in [0.1, 0.15) is 63.5 Å². The van der Waals surface area contributed by atoms with E-state index in [2.05, 4.69) is 58.8 Å². The number of aliphatic hydroxyl groups is 6. The number of aromatic nitrogens is 9. The van der Waals surface area contributed by atoms with Crippen LogP contribution in [0.3, 0.4) is 0 Å². The Morgan fingerprint density at radius 1 is 0.435 bits per heavy atom. The Balaban J connectivity index is 0.664. The summed E-state index contributed by atoms with van der Waals surface area (Å²) in [5.41, 5.74) is -3.50. The van der Waals surface area contributed by atoms with Gasteiger partial charge < -0.3 is 151 Å². The van der Waals surface area contributed by atoms with Crippen LogP contribution in [-0.2, 0) is 158 Å². The van der Waals surface area contributed by atoms with Gasteiger partial charge in [0, 0.05) is 27.2 Å². The quantitative estimate of drug-likeness (QED) is 0.0186. The van der Waals surface area contributed by atoms with Crippen molar-refractivity contribution in [2.24, 2.45) is 0 Å². The fourth-order valence-electron chi connectivity index (χ4n) is 13.2. The molecule has 0 saturated carbocycles. The molecule has 3 aromatic rings. The fourth-order valence-corrected chi connectivity index (χ4v) is 13.2. The van der Waals surface area contributed by atoms with Gasteiger partial charge in [-0.3, -0.25) is 19.2 Å². The lowest BCUT2D eigenvalue weighted by Crippen LogP contribution is -2.66. The van der Waals surface area contributed by atoms with Crippen LogP contribution >= 0.6 is 0 Å². The number of fused-ring (bicyclic) bond motifs is 6. The van der Waals surface area contributed by atoms with Crippen molar-refractivity contribution in [1.29, 1.82) is 0 Å². The first-order valence-corrected chi connectivity index (χ1v) is 38.8. The van der Waals surface area contributed by atoms with E-state index in [0.717, 1.165) is 12.8 Å². The summed E-state index contributed by atoms with van der Waals surface area (Å²) in [6.45, 7) is 14.5. The van der Waals surface area contributed by atoms with Gasteiger partial charge in [-0.1, -0.05) is 21.7 Å². The number of rotatable bonds is 63. The van der Waals surface area contributed by atoms with E-state index in [1.54, 1.807) is 32.6 Å². The molecule has 15 atom stereocenters. The summed E-state index contributed by atoms with van der Waals surface area (Å²) < 4.78 is 126. The lowest BCUT2D eigenvalue weighted by atomic mass is 9.88. The lowest BCUT2D eigenvalue weighted by Gasteiger charge is -2.42. The first kappa shape index (κ1) is 92.8. The molecule has 6 aliphatic rings. The zero-order valence-corrected chi connectivity index (χ0v) is 65.6. The fraction of sp³-hybridized carbons (Fsp3) is 0.831. The Kier molecular flexibility index (Phi) is 39.5. The Bertz CT molecular complexity index is 3010. The summed E-state index contributed by atoms with van der Waals surface area (Å²) in [4.78, 5) is 48.6. The van der Waals surface area contributed by atoms with Crippen molar-refractivity contribution in [2.75, 3.05) is 198 Å². The van der Waals surface area contributed by atoms with Crippen molar-refractivity contribution in [3.63, 3.8) is 0 Å². The van der Waals surface area contributed by atoms with Crippen molar-refractivity contribution in [3.8, 4) is 0 Å². The molecule has 9 rings (SSSR count). The second kappa shape index (κ2) is 48.9. The number of ether oxygens (including phenoxy) is 21. The average molecular weight is 1650 g/mol. The van der Waals surface area contributed by atoms with Crippen LogP contribution < -0.4 is 21.3 Å². The van der Waals surface area contributed by atoms with E-state index in [1.807, 2.05) is 6.08 Å². The molecule has 0 radical (unpaired) electrons. The molecule has 3 aromatic heterocycles. The highest BCUT2D eigenvalue weighted by molar-refractivity contribution is 5.77. The molecule has 10 N–H and O–H groups in total. The van der Waals surface area contributed by atoms with Crippen molar-refractivity contribution in [3.05, 3.63) is 48.3 Å². The van der Waals surface area contributed by atoms with Crippen LogP contribution in [-0.4, -0.2) is 393 Å². The van der Waals surface area contributed by atoms with Gasteiger partial charge in [0.2, 0.25) is 23.6 Å². The first-order valence-electron chi connectivity index (χ1n) is 38.8. The predicted molar refractivity (Wildman–Crippen MR) is 388 cm³/mol. The number of nitrogens with zero attached hydrogens (tertiary/aromatic N) is 9. The first-order chi connectivity index (χ1) is 55.7. The van der Waals surface area contributed by atoms with E-state index in [0.29, 0.717) is 142 Å². The number of allylic oxidation sites excluding steroid dienone is 1. The van der Waals surface area contributed by atoms with Crippen molar-refractivity contribution in [1.82, 2.24) is 66.2 Å². The minimum atomic E-state index is -1.34. The molecule has 44 heteroatoms. The van der Waals surface area contributed by atoms with Crippen LogP contribution in [0.4, 0.5) is 0 Å². The monoisotopic (exact) mass is 1650 g/mol. The Hall–Kier alpha value is -6.04. The molecule has 652 valence electrons. The molecule has 6 bridgehead atoms. The van der Waals surface area contributed by atoms with E-state index in [9.17, 15) is 49.8 Å². The topological polar surface area (TPSA) is 524 Å². The van der Waals surface area contributed by atoms with Crippen LogP contribution in [0.25, 0.3) is 0 Å². The maximum absolute atomic E-state index is 13.9. The highest BCUT2D eigenvalue weighted by atomic mass is 16.8. The molecule has 6 saturated heterocycles. The highest BCUT2D eigenvalue weighted by Gasteiger charge is 2.62. The van der Waals surface area contributed by atoms with E-state index in [1.165, 1.54) is 20.8 Å². The molecule has 0 aliphatic carbocycles. The van der Waals surface area contributed by atoms with Gasteiger partial charge in [-0.15, -0.1) is 21.9 Å².